The number of amides is 1. The Morgan fingerprint density at radius 2 is 2.07 bits per heavy atom. The topological polar surface area (TPSA) is 102 Å². The lowest BCUT2D eigenvalue weighted by molar-refractivity contribution is -0.384. The summed E-state index contributed by atoms with van der Waals surface area (Å²) < 4.78 is 5.40. The normalized spacial score (nSPS) is 12.9. The second kappa shape index (κ2) is 7.86. The first-order valence-corrected chi connectivity index (χ1v) is 8.53. The number of anilines is 2. The van der Waals surface area contributed by atoms with E-state index in [0.717, 1.165) is 5.69 Å². The smallest absolute Gasteiger partial charge is 0.293 e. The largest absolute Gasteiger partial charge is 0.482 e. The van der Waals surface area contributed by atoms with Crippen LogP contribution in [0.3, 0.4) is 0 Å². The number of carbonyl (C=O) groups is 2. The first kappa shape index (κ1) is 18.4. The minimum absolute atomic E-state index is 0.00240. The summed E-state index contributed by atoms with van der Waals surface area (Å²) in [7, 11) is 0. The first-order valence-electron chi connectivity index (χ1n) is 8.53. The average molecular weight is 369 g/mol. The minimum atomic E-state index is -0.517. The van der Waals surface area contributed by atoms with Gasteiger partial charge in [0.2, 0.25) is 0 Å². The van der Waals surface area contributed by atoms with E-state index in [-0.39, 0.29) is 24.0 Å². The summed E-state index contributed by atoms with van der Waals surface area (Å²) in [4.78, 5) is 35.9. The second-order valence-corrected chi connectivity index (χ2v) is 6.13. The highest BCUT2D eigenvalue weighted by Gasteiger charge is 2.24. The molecule has 0 bridgehead atoms. The number of nitro benzene ring substituents is 1. The predicted molar refractivity (Wildman–Crippen MR) is 100 cm³/mol. The van der Waals surface area contributed by atoms with Crippen molar-refractivity contribution in [2.75, 3.05) is 29.9 Å². The fourth-order valence-corrected chi connectivity index (χ4v) is 2.91. The third-order valence-electron chi connectivity index (χ3n) is 4.28. The molecule has 3 rings (SSSR count). The van der Waals surface area contributed by atoms with E-state index in [1.54, 1.807) is 11.0 Å². The Kier molecular flexibility index (Phi) is 5.35. The van der Waals surface area contributed by atoms with Gasteiger partial charge in [0.15, 0.2) is 12.4 Å². The van der Waals surface area contributed by atoms with Crippen molar-refractivity contribution in [3.63, 3.8) is 0 Å². The van der Waals surface area contributed by atoms with Crippen LogP contribution in [0, 0.1) is 10.1 Å². The van der Waals surface area contributed by atoms with E-state index < -0.39 is 4.92 Å². The van der Waals surface area contributed by atoms with Gasteiger partial charge < -0.3 is 15.0 Å². The highest BCUT2D eigenvalue weighted by atomic mass is 16.6. The van der Waals surface area contributed by atoms with Crippen molar-refractivity contribution in [2.45, 2.75) is 13.3 Å². The van der Waals surface area contributed by atoms with Gasteiger partial charge in [-0.25, -0.2) is 0 Å². The molecule has 2 aromatic carbocycles. The number of fused-ring (bicyclic) bond motifs is 1. The molecular formula is C19H19N3O5. The van der Waals surface area contributed by atoms with E-state index in [0.29, 0.717) is 36.5 Å². The molecule has 0 unspecified atom stereocenters. The SMILES string of the molecule is CC(=O)c1ccc(NCCCN2C(=O)COc3ccccc32)c([N+](=O)[O-])c1. The van der Waals surface area contributed by atoms with Crippen LogP contribution in [-0.4, -0.2) is 36.3 Å². The molecule has 8 nitrogen and oxygen atoms in total. The van der Waals surface area contributed by atoms with Crippen molar-refractivity contribution in [1.82, 2.24) is 0 Å². The van der Waals surface area contributed by atoms with E-state index in [9.17, 15) is 19.7 Å². The van der Waals surface area contributed by atoms with Gasteiger partial charge in [-0.15, -0.1) is 0 Å². The third kappa shape index (κ3) is 4.05. The van der Waals surface area contributed by atoms with Gasteiger partial charge in [0.1, 0.15) is 11.4 Å². The number of nitrogens with one attached hydrogen (secondary N) is 1. The Bertz CT molecular complexity index is 897. The molecule has 0 spiro atoms. The van der Waals surface area contributed by atoms with Gasteiger partial charge in [0.05, 0.1) is 10.6 Å². The van der Waals surface area contributed by atoms with E-state index >= 15 is 0 Å². The van der Waals surface area contributed by atoms with Gasteiger partial charge >= 0.3 is 0 Å². The summed E-state index contributed by atoms with van der Waals surface area (Å²) in [6, 6.07) is 11.7. The van der Waals surface area contributed by atoms with E-state index in [2.05, 4.69) is 5.32 Å². The van der Waals surface area contributed by atoms with Crippen LogP contribution in [-0.2, 0) is 4.79 Å². The Morgan fingerprint density at radius 3 is 2.81 bits per heavy atom. The molecule has 0 aliphatic carbocycles. The van der Waals surface area contributed by atoms with Gasteiger partial charge in [0.25, 0.3) is 11.6 Å². The molecule has 1 aliphatic rings. The summed E-state index contributed by atoms with van der Waals surface area (Å²) in [5.74, 6) is 0.320. The van der Waals surface area contributed by atoms with Crippen LogP contribution in [0.1, 0.15) is 23.7 Å². The van der Waals surface area contributed by atoms with Crippen molar-refractivity contribution < 1.29 is 19.2 Å². The molecule has 8 heteroatoms. The number of para-hydroxylation sites is 2. The Morgan fingerprint density at radius 1 is 1.30 bits per heavy atom. The molecule has 0 aromatic heterocycles. The van der Waals surface area contributed by atoms with Crippen LogP contribution in [0.25, 0.3) is 0 Å². The summed E-state index contributed by atoms with van der Waals surface area (Å²) in [5, 5.41) is 14.3. The van der Waals surface area contributed by atoms with Crippen molar-refractivity contribution in [2.24, 2.45) is 0 Å². The maximum atomic E-state index is 12.1. The molecule has 0 atom stereocenters. The molecule has 2 aromatic rings. The zero-order chi connectivity index (χ0) is 19.4. The van der Waals surface area contributed by atoms with E-state index in [1.165, 1.54) is 19.1 Å². The zero-order valence-corrected chi connectivity index (χ0v) is 14.8. The number of benzene rings is 2. The number of hydrogen-bond donors (Lipinski definition) is 1. The van der Waals surface area contributed by atoms with Crippen molar-refractivity contribution in [3.05, 3.63) is 58.1 Å². The fourth-order valence-electron chi connectivity index (χ4n) is 2.91. The molecule has 1 heterocycles. The van der Waals surface area contributed by atoms with Gasteiger partial charge in [-0.05, 0) is 37.6 Å². The van der Waals surface area contributed by atoms with Gasteiger partial charge in [0, 0.05) is 24.7 Å². The number of Topliss-reactive ketones (excluding diaryl/α,β-unsaturated/α-hetero) is 1. The summed E-state index contributed by atoms with van der Waals surface area (Å²) in [6.07, 6.45) is 0.589. The molecule has 0 saturated carbocycles. The predicted octanol–water partition coefficient (Wildman–Crippen LogP) is 3.03. The van der Waals surface area contributed by atoms with Crippen molar-refractivity contribution in [1.29, 1.82) is 0 Å². The van der Waals surface area contributed by atoms with Crippen molar-refractivity contribution >= 4 is 28.8 Å². The lowest BCUT2D eigenvalue weighted by Crippen LogP contribution is -2.39. The van der Waals surface area contributed by atoms with Gasteiger partial charge in [-0.1, -0.05) is 12.1 Å². The average Bonchev–Trinajstić information content (AvgIpc) is 2.66. The van der Waals surface area contributed by atoms with E-state index in [4.69, 9.17) is 4.74 Å². The minimum Gasteiger partial charge on any atom is -0.482 e. The second-order valence-electron chi connectivity index (χ2n) is 6.13. The van der Waals surface area contributed by atoms with E-state index in [1.807, 2.05) is 24.3 Å². The molecule has 0 fully saturated rings. The van der Waals surface area contributed by atoms with Crippen LogP contribution in [0.15, 0.2) is 42.5 Å². The summed E-state index contributed by atoms with van der Waals surface area (Å²) in [5.41, 5.74) is 1.22. The molecule has 140 valence electrons. The maximum Gasteiger partial charge on any atom is 0.293 e. The van der Waals surface area contributed by atoms with Crippen LogP contribution >= 0.6 is 0 Å². The number of nitrogens with zero attached hydrogens (tertiary/aromatic N) is 2. The van der Waals surface area contributed by atoms with Gasteiger partial charge in [-0.3, -0.25) is 19.7 Å². The third-order valence-corrected chi connectivity index (χ3v) is 4.28. The lowest BCUT2D eigenvalue weighted by Gasteiger charge is -2.29. The van der Waals surface area contributed by atoms with Crippen LogP contribution in [0.5, 0.6) is 5.75 Å². The van der Waals surface area contributed by atoms with Crippen LogP contribution in [0.4, 0.5) is 17.1 Å². The first-order chi connectivity index (χ1) is 13.0. The highest BCUT2D eigenvalue weighted by molar-refractivity contribution is 5.97. The fraction of sp³-hybridized carbons (Fsp3) is 0.263. The molecule has 0 saturated heterocycles. The van der Waals surface area contributed by atoms with Crippen LogP contribution in [0.2, 0.25) is 0 Å². The number of ether oxygens (including phenoxy) is 1. The molecular weight excluding hydrogens is 350 g/mol. The van der Waals surface area contributed by atoms with Crippen LogP contribution < -0.4 is 15.0 Å². The molecule has 1 aliphatic heterocycles. The number of hydrogen-bond acceptors (Lipinski definition) is 6. The zero-order valence-electron chi connectivity index (χ0n) is 14.8. The summed E-state index contributed by atoms with van der Waals surface area (Å²) in [6.45, 7) is 2.27. The number of ketones is 1. The molecule has 27 heavy (non-hydrogen) atoms. The number of rotatable bonds is 7. The molecule has 0 radical (unpaired) electrons. The maximum absolute atomic E-state index is 12.1. The lowest BCUT2D eigenvalue weighted by atomic mass is 10.1. The molecule has 1 amide bonds. The highest BCUT2D eigenvalue weighted by Crippen LogP contribution is 2.31. The molecule has 1 N–H and O–H groups in total. The summed E-state index contributed by atoms with van der Waals surface area (Å²) >= 11 is 0. The Hall–Kier alpha value is -3.42. The Labute approximate surface area is 155 Å². The number of carbonyl (C=O) groups excluding carboxylic acids is 2. The van der Waals surface area contributed by atoms with Gasteiger partial charge in [-0.2, -0.15) is 0 Å². The number of nitro groups is 1. The quantitative estimate of drug-likeness (QED) is 0.348. The standard InChI is InChI=1S/C19H19N3O5/c1-13(23)14-7-8-15(17(11-14)22(25)26)20-9-4-10-21-16-5-2-3-6-18(16)27-12-19(21)24/h2-3,5-8,11,20H,4,9-10,12H2,1H3. The monoisotopic (exact) mass is 369 g/mol. The van der Waals surface area contributed by atoms with Crippen molar-refractivity contribution in [3.8, 4) is 5.75 Å². The Balaban J connectivity index is 1.63.